The SMILES string of the molecule is CCC1CCCC(C#N)(C2(O)CCCN(C(C)C)CC2)C1. The highest BCUT2D eigenvalue weighted by molar-refractivity contribution is 5.14. The zero-order valence-corrected chi connectivity index (χ0v) is 14.1. The summed E-state index contributed by atoms with van der Waals surface area (Å²) in [6.45, 7) is 8.64. The lowest BCUT2D eigenvalue weighted by Crippen LogP contribution is -2.50. The van der Waals surface area contributed by atoms with E-state index >= 15 is 0 Å². The van der Waals surface area contributed by atoms with Gasteiger partial charge >= 0.3 is 0 Å². The van der Waals surface area contributed by atoms with Crippen LogP contribution >= 0.6 is 0 Å². The van der Waals surface area contributed by atoms with E-state index in [1.54, 1.807) is 0 Å². The summed E-state index contributed by atoms with van der Waals surface area (Å²) in [4.78, 5) is 2.45. The van der Waals surface area contributed by atoms with Crippen molar-refractivity contribution in [2.75, 3.05) is 13.1 Å². The van der Waals surface area contributed by atoms with Gasteiger partial charge < -0.3 is 10.0 Å². The molecular weight excluding hydrogens is 260 g/mol. The molecule has 0 amide bonds. The van der Waals surface area contributed by atoms with Gasteiger partial charge in [0.05, 0.1) is 17.1 Å². The monoisotopic (exact) mass is 292 g/mol. The molecule has 1 saturated heterocycles. The van der Waals surface area contributed by atoms with Gasteiger partial charge in [-0.1, -0.05) is 26.2 Å². The van der Waals surface area contributed by atoms with Crippen molar-refractivity contribution >= 4 is 0 Å². The maximum atomic E-state index is 11.4. The normalized spacial score (nSPS) is 39.0. The lowest BCUT2D eigenvalue weighted by atomic mass is 9.59. The third-order valence-corrected chi connectivity index (χ3v) is 6.11. The van der Waals surface area contributed by atoms with Gasteiger partial charge in [-0.15, -0.1) is 0 Å². The molecule has 21 heavy (non-hydrogen) atoms. The van der Waals surface area contributed by atoms with Gasteiger partial charge in [0.2, 0.25) is 0 Å². The fourth-order valence-corrected chi connectivity index (χ4v) is 4.50. The highest BCUT2D eigenvalue weighted by Gasteiger charge is 2.52. The van der Waals surface area contributed by atoms with Gasteiger partial charge in [-0.05, 0) is 58.4 Å². The number of likely N-dealkylation sites (tertiary alicyclic amines) is 1. The zero-order valence-electron chi connectivity index (χ0n) is 14.1. The van der Waals surface area contributed by atoms with E-state index in [0.717, 1.165) is 58.0 Å². The summed E-state index contributed by atoms with van der Waals surface area (Å²) in [5.74, 6) is 0.617. The van der Waals surface area contributed by atoms with Gasteiger partial charge in [0.15, 0.2) is 0 Å². The third-order valence-electron chi connectivity index (χ3n) is 6.11. The molecular formula is C18H32N2O. The van der Waals surface area contributed by atoms with Crippen molar-refractivity contribution < 1.29 is 5.11 Å². The van der Waals surface area contributed by atoms with Gasteiger partial charge in [-0.3, -0.25) is 0 Å². The Bertz CT molecular complexity index is 389. The van der Waals surface area contributed by atoms with Crippen LogP contribution in [0.15, 0.2) is 0 Å². The second kappa shape index (κ2) is 6.67. The van der Waals surface area contributed by atoms with Crippen LogP contribution in [0, 0.1) is 22.7 Å². The van der Waals surface area contributed by atoms with Crippen molar-refractivity contribution in [2.24, 2.45) is 11.3 Å². The molecule has 1 N–H and O–H groups in total. The van der Waals surface area contributed by atoms with Gasteiger partial charge in [0.1, 0.15) is 0 Å². The van der Waals surface area contributed by atoms with E-state index < -0.39 is 11.0 Å². The molecule has 0 aromatic carbocycles. The van der Waals surface area contributed by atoms with Crippen molar-refractivity contribution in [3.63, 3.8) is 0 Å². The molecule has 120 valence electrons. The van der Waals surface area contributed by atoms with Gasteiger partial charge in [-0.25, -0.2) is 0 Å². The van der Waals surface area contributed by atoms with Crippen LogP contribution in [0.4, 0.5) is 0 Å². The second-order valence-corrected chi connectivity index (χ2v) is 7.58. The first-order valence-corrected chi connectivity index (χ1v) is 8.84. The summed E-state index contributed by atoms with van der Waals surface area (Å²) in [6.07, 6.45) is 7.81. The second-order valence-electron chi connectivity index (χ2n) is 7.58. The molecule has 0 radical (unpaired) electrons. The van der Waals surface area contributed by atoms with Crippen molar-refractivity contribution in [3.8, 4) is 6.07 Å². The number of nitrogens with zero attached hydrogens (tertiary/aromatic N) is 2. The van der Waals surface area contributed by atoms with Crippen LogP contribution in [0.2, 0.25) is 0 Å². The standard InChI is InChI=1S/C18H32N2O/c1-4-16-7-5-8-17(13-16,14-19)18(21)9-6-11-20(12-10-18)15(2)3/h15-16,21H,4-13H2,1-3H3. The zero-order chi connectivity index (χ0) is 15.5. The molecule has 3 unspecified atom stereocenters. The molecule has 1 heterocycles. The van der Waals surface area contributed by atoms with Crippen molar-refractivity contribution in [1.29, 1.82) is 5.26 Å². The quantitative estimate of drug-likeness (QED) is 0.862. The number of aliphatic hydroxyl groups is 1. The fourth-order valence-electron chi connectivity index (χ4n) is 4.50. The predicted octanol–water partition coefficient (Wildman–Crippen LogP) is 3.72. The third kappa shape index (κ3) is 3.27. The Kier molecular flexibility index (Phi) is 5.33. The average molecular weight is 292 g/mol. The van der Waals surface area contributed by atoms with E-state index in [1.165, 1.54) is 6.42 Å². The molecule has 3 heteroatoms. The summed E-state index contributed by atoms with van der Waals surface area (Å²) >= 11 is 0. The summed E-state index contributed by atoms with van der Waals surface area (Å²) in [5, 5.41) is 21.3. The average Bonchev–Trinajstić information content (AvgIpc) is 2.70. The first-order chi connectivity index (χ1) is 9.96. The Morgan fingerprint density at radius 2 is 2.00 bits per heavy atom. The van der Waals surface area contributed by atoms with Crippen LogP contribution in [0.1, 0.15) is 72.1 Å². The first kappa shape index (κ1) is 16.8. The first-order valence-electron chi connectivity index (χ1n) is 8.84. The van der Waals surface area contributed by atoms with E-state index in [0.29, 0.717) is 12.0 Å². The Morgan fingerprint density at radius 3 is 2.62 bits per heavy atom. The van der Waals surface area contributed by atoms with Crippen molar-refractivity contribution in [1.82, 2.24) is 4.90 Å². The molecule has 3 nitrogen and oxygen atoms in total. The van der Waals surface area contributed by atoms with Gasteiger partial charge in [-0.2, -0.15) is 5.26 Å². The molecule has 2 fully saturated rings. The summed E-state index contributed by atoms with van der Waals surface area (Å²) in [6, 6.07) is 3.12. The number of rotatable bonds is 3. The van der Waals surface area contributed by atoms with Gasteiger partial charge in [0, 0.05) is 12.6 Å². The van der Waals surface area contributed by atoms with E-state index in [1.807, 2.05) is 0 Å². The fraction of sp³-hybridized carbons (Fsp3) is 0.944. The van der Waals surface area contributed by atoms with Crippen LogP contribution in [-0.4, -0.2) is 34.7 Å². The molecule has 1 aliphatic carbocycles. The lowest BCUT2D eigenvalue weighted by molar-refractivity contribution is -0.0916. The summed E-state index contributed by atoms with van der Waals surface area (Å²) < 4.78 is 0. The predicted molar refractivity (Wildman–Crippen MR) is 85.8 cm³/mol. The van der Waals surface area contributed by atoms with E-state index in [-0.39, 0.29) is 0 Å². The number of hydrogen-bond acceptors (Lipinski definition) is 3. The van der Waals surface area contributed by atoms with Crippen molar-refractivity contribution in [3.05, 3.63) is 0 Å². The van der Waals surface area contributed by atoms with Crippen LogP contribution in [0.5, 0.6) is 0 Å². The van der Waals surface area contributed by atoms with Gasteiger partial charge in [0.25, 0.3) is 0 Å². The summed E-state index contributed by atoms with van der Waals surface area (Å²) in [7, 11) is 0. The smallest absolute Gasteiger partial charge is 0.0863 e. The summed E-state index contributed by atoms with van der Waals surface area (Å²) in [5.41, 5.74) is -1.28. The maximum Gasteiger partial charge on any atom is 0.0863 e. The molecule has 0 bridgehead atoms. The van der Waals surface area contributed by atoms with Crippen molar-refractivity contribution in [2.45, 2.75) is 83.8 Å². The van der Waals surface area contributed by atoms with Crippen LogP contribution in [-0.2, 0) is 0 Å². The number of nitriles is 1. The van der Waals surface area contributed by atoms with Crippen LogP contribution in [0.25, 0.3) is 0 Å². The highest BCUT2D eigenvalue weighted by Crippen LogP contribution is 2.51. The molecule has 3 atom stereocenters. The van der Waals surface area contributed by atoms with Crippen LogP contribution < -0.4 is 0 Å². The molecule has 2 aliphatic rings. The Hall–Kier alpha value is -0.590. The minimum Gasteiger partial charge on any atom is -0.388 e. The number of hydrogen-bond donors (Lipinski definition) is 1. The Balaban J connectivity index is 2.18. The largest absolute Gasteiger partial charge is 0.388 e. The molecule has 0 spiro atoms. The molecule has 1 aliphatic heterocycles. The van der Waals surface area contributed by atoms with Crippen LogP contribution in [0.3, 0.4) is 0 Å². The molecule has 1 saturated carbocycles. The molecule has 2 rings (SSSR count). The lowest BCUT2D eigenvalue weighted by Gasteiger charge is -2.47. The van der Waals surface area contributed by atoms with E-state index in [4.69, 9.17) is 0 Å². The Morgan fingerprint density at radius 1 is 1.24 bits per heavy atom. The highest BCUT2D eigenvalue weighted by atomic mass is 16.3. The maximum absolute atomic E-state index is 11.4. The molecule has 0 aromatic rings. The van der Waals surface area contributed by atoms with E-state index in [9.17, 15) is 10.4 Å². The Labute approximate surface area is 130 Å². The van der Waals surface area contributed by atoms with E-state index in [2.05, 4.69) is 31.7 Å². The minimum atomic E-state index is -0.779. The topological polar surface area (TPSA) is 47.3 Å². The minimum absolute atomic E-state index is 0.501. The molecule has 0 aromatic heterocycles.